The quantitative estimate of drug-likeness (QED) is 0.0281. The molecule has 0 saturated heterocycles. The van der Waals surface area contributed by atoms with E-state index >= 15 is 0 Å². The van der Waals surface area contributed by atoms with Crippen LogP contribution >= 0.6 is 0 Å². The number of carboxylic acid groups (broad SMARTS) is 1. The third kappa shape index (κ3) is 43.8. The van der Waals surface area contributed by atoms with Crippen LogP contribution in [-0.4, -0.2) is 80.6 Å². The Morgan fingerprint density at radius 3 is 1.33 bits per heavy atom. The van der Waals surface area contributed by atoms with E-state index in [4.69, 9.17) is 14.2 Å². The van der Waals surface area contributed by atoms with Gasteiger partial charge in [-0.1, -0.05) is 177 Å². The number of carboxylic acids is 1. The lowest BCUT2D eigenvalue weighted by atomic mass is 10.1. The number of likely N-dealkylation sites (N-methyl/N-ethyl adjacent to an activating group) is 1. The lowest BCUT2D eigenvalue weighted by Gasteiger charge is -2.31. The predicted molar refractivity (Wildman–Crippen MR) is 266 cm³/mol. The molecule has 0 radical (unpaired) electrons. The zero-order valence-electron chi connectivity index (χ0n) is 41.3. The van der Waals surface area contributed by atoms with Gasteiger partial charge >= 0.3 is 17.9 Å². The molecule has 0 aromatic carbocycles. The summed E-state index contributed by atoms with van der Waals surface area (Å²) in [6.45, 7) is 4.60. The van der Waals surface area contributed by atoms with Gasteiger partial charge in [0.05, 0.1) is 34.4 Å². The Morgan fingerprint density at radius 1 is 0.492 bits per heavy atom. The minimum Gasteiger partial charge on any atom is -0.477 e. The summed E-state index contributed by atoms with van der Waals surface area (Å²) in [5, 5.41) is 9.65. The van der Waals surface area contributed by atoms with Gasteiger partial charge in [0.1, 0.15) is 6.61 Å². The Hall–Kier alpha value is -3.23. The lowest BCUT2D eigenvalue weighted by molar-refractivity contribution is -0.887. The monoisotopic (exact) mass is 883 g/mol. The molecule has 0 spiro atoms. The first-order valence-corrected chi connectivity index (χ1v) is 25.5. The molecule has 0 fully saturated rings. The fourth-order valence-electron chi connectivity index (χ4n) is 7.17. The van der Waals surface area contributed by atoms with Crippen molar-refractivity contribution in [1.29, 1.82) is 0 Å². The first-order valence-electron chi connectivity index (χ1n) is 25.5. The van der Waals surface area contributed by atoms with Gasteiger partial charge in [0, 0.05) is 19.3 Å². The van der Waals surface area contributed by atoms with E-state index < -0.39 is 18.1 Å². The molecule has 0 aliphatic rings. The fourth-order valence-corrected chi connectivity index (χ4v) is 7.17. The van der Waals surface area contributed by atoms with Gasteiger partial charge in [0.25, 0.3) is 0 Å². The molecule has 0 amide bonds. The third-order valence-corrected chi connectivity index (χ3v) is 11.1. The van der Waals surface area contributed by atoms with E-state index in [0.29, 0.717) is 19.3 Å². The van der Waals surface area contributed by atoms with E-state index in [2.05, 4.69) is 86.8 Å². The normalized spacial score (nSPS) is 13.5. The van der Waals surface area contributed by atoms with Crippen molar-refractivity contribution in [2.24, 2.45) is 0 Å². The van der Waals surface area contributed by atoms with Crippen molar-refractivity contribution in [2.45, 2.75) is 219 Å². The number of carbonyl (C=O) groups excluding carboxylic acids is 2. The molecule has 0 aromatic rings. The summed E-state index contributed by atoms with van der Waals surface area (Å²) in [5.41, 5.74) is 0. The van der Waals surface area contributed by atoms with Crippen molar-refractivity contribution in [3.63, 3.8) is 0 Å². The van der Waals surface area contributed by atoms with E-state index in [-0.39, 0.29) is 36.2 Å². The zero-order valence-corrected chi connectivity index (χ0v) is 41.3. The number of hydrogen-bond acceptors (Lipinski definition) is 6. The van der Waals surface area contributed by atoms with Gasteiger partial charge in [-0.2, -0.15) is 0 Å². The number of aliphatic carboxylic acids is 1. The van der Waals surface area contributed by atoms with Crippen LogP contribution < -0.4 is 0 Å². The van der Waals surface area contributed by atoms with Crippen LogP contribution in [0.1, 0.15) is 206 Å². The van der Waals surface area contributed by atoms with E-state index in [0.717, 1.165) is 83.5 Å². The standard InChI is InChI=1S/C55H95NO7/c1-6-8-10-12-14-16-18-20-22-24-26-28-29-31-33-35-37-39-41-43-45-53(57)62-50-51(49-61-48-47-52(55(59)60)56(3,4)5)63-54(58)46-44-42-40-38-36-34-32-30-27-25-23-21-19-17-15-13-11-9-7-2/h8,10,14,16,20,22,25-28,31,33,51-52H,6-7,9,11-13,15,17-19,21,23-24,29-30,32,34-50H2,1-5H3/p+1/b10-8+,16-14+,22-20+,27-25+,28-26+,33-31+. The largest absolute Gasteiger partial charge is 0.477 e. The van der Waals surface area contributed by atoms with Crippen molar-refractivity contribution in [3.05, 3.63) is 72.9 Å². The predicted octanol–water partition coefficient (Wildman–Crippen LogP) is 14.7. The molecule has 2 unspecified atom stereocenters. The van der Waals surface area contributed by atoms with E-state index in [9.17, 15) is 19.5 Å². The average molecular weight is 883 g/mol. The summed E-state index contributed by atoms with van der Waals surface area (Å²) >= 11 is 0. The van der Waals surface area contributed by atoms with Gasteiger partial charge in [-0.15, -0.1) is 0 Å². The average Bonchev–Trinajstić information content (AvgIpc) is 3.24. The second-order valence-electron chi connectivity index (χ2n) is 18.0. The summed E-state index contributed by atoms with van der Waals surface area (Å²) < 4.78 is 17.3. The summed E-state index contributed by atoms with van der Waals surface area (Å²) in [5.74, 6) is -1.51. The number of carbonyl (C=O) groups is 3. The molecule has 8 heteroatoms. The minimum absolute atomic E-state index is 0.0483. The van der Waals surface area contributed by atoms with Gasteiger partial charge in [0.2, 0.25) is 0 Å². The van der Waals surface area contributed by atoms with Crippen molar-refractivity contribution >= 4 is 17.9 Å². The number of ether oxygens (including phenoxy) is 3. The van der Waals surface area contributed by atoms with Gasteiger partial charge in [-0.3, -0.25) is 9.59 Å². The maximum absolute atomic E-state index is 12.8. The second kappa shape index (κ2) is 45.3. The van der Waals surface area contributed by atoms with Gasteiger partial charge in [-0.25, -0.2) is 4.79 Å². The molecular weight excluding hydrogens is 787 g/mol. The maximum Gasteiger partial charge on any atom is 0.362 e. The van der Waals surface area contributed by atoms with E-state index in [1.807, 2.05) is 21.1 Å². The van der Waals surface area contributed by atoms with E-state index in [1.54, 1.807) is 0 Å². The van der Waals surface area contributed by atoms with Crippen molar-refractivity contribution in [2.75, 3.05) is 41.0 Å². The van der Waals surface area contributed by atoms with Crippen LogP contribution in [-0.2, 0) is 28.6 Å². The number of hydrogen-bond donors (Lipinski definition) is 1. The van der Waals surface area contributed by atoms with Crippen LogP contribution in [0, 0.1) is 0 Å². The van der Waals surface area contributed by atoms with Gasteiger partial charge in [-0.05, 0) is 83.5 Å². The summed E-state index contributed by atoms with van der Waals surface area (Å²) in [4.78, 5) is 37.2. The van der Waals surface area contributed by atoms with Crippen LogP contribution in [0.15, 0.2) is 72.9 Å². The van der Waals surface area contributed by atoms with Crippen LogP contribution in [0.4, 0.5) is 0 Å². The lowest BCUT2D eigenvalue weighted by Crippen LogP contribution is -2.50. The van der Waals surface area contributed by atoms with Gasteiger partial charge < -0.3 is 23.8 Å². The number of unbranched alkanes of at least 4 members (excludes halogenated alkanes) is 19. The molecule has 8 nitrogen and oxygen atoms in total. The fraction of sp³-hybridized carbons (Fsp3) is 0.727. The molecule has 362 valence electrons. The highest BCUT2D eigenvalue weighted by atomic mass is 16.6. The number of nitrogens with zero attached hydrogens (tertiary/aromatic N) is 1. The first-order chi connectivity index (χ1) is 30.6. The topological polar surface area (TPSA) is 99.1 Å². The molecular formula is C55H96NO7+. The molecule has 0 aliphatic carbocycles. The summed E-state index contributed by atoms with van der Waals surface area (Å²) in [6.07, 6.45) is 58.0. The van der Waals surface area contributed by atoms with Crippen LogP contribution in [0.3, 0.4) is 0 Å². The smallest absolute Gasteiger partial charge is 0.362 e. The van der Waals surface area contributed by atoms with Gasteiger partial charge in [0.15, 0.2) is 12.1 Å². The summed E-state index contributed by atoms with van der Waals surface area (Å²) in [6, 6.07) is -0.623. The number of quaternary nitrogens is 1. The number of rotatable bonds is 45. The molecule has 0 heterocycles. The van der Waals surface area contributed by atoms with Crippen LogP contribution in [0.5, 0.6) is 0 Å². The first kappa shape index (κ1) is 59.8. The summed E-state index contributed by atoms with van der Waals surface area (Å²) in [7, 11) is 5.52. The van der Waals surface area contributed by atoms with E-state index in [1.165, 1.54) is 89.9 Å². The molecule has 0 aliphatic heterocycles. The van der Waals surface area contributed by atoms with Crippen molar-refractivity contribution in [1.82, 2.24) is 0 Å². The van der Waals surface area contributed by atoms with Crippen molar-refractivity contribution in [3.8, 4) is 0 Å². The second-order valence-corrected chi connectivity index (χ2v) is 18.0. The van der Waals surface area contributed by atoms with Crippen LogP contribution in [0.2, 0.25) is 0 Å². The highest BCUT2D eigenvalue weighted by Gasteiger charge is 2.31. The number of allylic oxidation sites excluding steroid dienone is 12. The highest BCUT2D eigenvalue weighted by Crippen LogP contribution is 2.14. The highest BCUT2D eigenvalue weighted by molar-refractivity contribution is 5.72. The Bertz CT molecular complexity index is 1260. The van der Waals surface area contributed by atoms with Crippen LogP contribution in [0.25, 0.3) is 0 Å². The maximum atomic E-state index is 12.8. The molecule has 0 bridgehead atoms. The third-order valence-electron chi connectivity index (χ3n) is 11.1. The molecule has 0 rings (SSSR count). The molecule has 0 aromatic heterocycles. The Kier molecular flexibility index (Phi) is 43.0. The molecule has 0 saturated carbocycles. The minimum atomic E-state index is -0.881. The molecule has 2 atom stereocenters. The zero-order chi connectivity index (χ0) is 46.3. The molecule has 1 N–H and O–H groups in total. The number of esters is 2. The Morgan fingerprint density at radius 2 is 0.889 bits per heavy atom. The Balaban J connectivity index is 4.32. The SMILES string of the molecule is CC/C=C/C/C=C/C/C=C/C/C=C/C/C=C/CCCCCCC(=O)OCC(COCCC(C(=O)O)[N+](C)(C)C)OC(=O)CCCCCCCCC/C=C/CCCCCCCCCC. The Labute approximate surface area is 387 Å². The molecule has 63 heavy (non-hydrogen) atoms. The van der Waals surface area contributed by atoms with Crippen molar-refractivity contribution < 1.29 is 38.2 Å².